The van der Waals surface area contributed by atoms with E-state index >= 15 is 0 Å². The van der Waals surface area contributed by atoms with Crippen LogP contribution in [0, 0.1) is 19.7 Å². The van der Waals surface area contributed by atoms with E-state index in [1.807, 2.05) is 26.0 Å². The number of hydrogen-bond acceptors (Lipinski definition) is 2. The molecule has 0 radical (unpaired) electrons. The molecule has 0 aliphatic heterocycles. The van der Waals surface area contributed by atoms with E-state index in [4.69, 9.17) is 22.1 Å². The Kier molecular flexibility index (Phi) is 4.31. The van der Waals surface area contributed by atoms with Crippen molar-refractivity contribution in [3.63, 3.8) is 0 Å². The van der Waals surface area contributed by atoms with Gasteiger partial charge >= 0.3 is 0 Å². The third-order valence-electron chi connectivity index (χ3n) is 3.49. The first kappa shape index (κ1) is 14.8. The lowest BCUT2D eigenvalue weighted by atomic mass is 9.96. The van der Waals surface area contributed by atoms with Crippen molar-refractivity contribution < 1.29 is 9.13 Å². The smallest absolute Gasteiger partial charge is 0.132 e. The van der Waals surface area contributed by atoms with Crippen molar-refractivity contribution >= 4 is 11.6 Å². The Hall–Kier alpha value is -1.58. The highest BCUT2D eigenvalue weighted by atomic mass is 35.5. The fourth-order valence-corrected chi connectivity index (χ4v) is 2.43. The van der Waals surface area contributed by atoms with E-state index in [1.165, 1.54) is 13.2 Å². The fourth-order valence-electron chi connectivity index (χ4n) is 2.10. The summed E-state index contributed by atoms with van der Waals surface area (Å²) in [5.74, 6) is 0.0655. The molecule has 106 valence electrons. The van der Waals surface area contributed by atoms with Gasteiger partial charge in [0.2, 0.25) is 0 Å². The molecule has 0 spiro atoms. The van der Waals surface area contributed by atoms with Crippen LogP contribution >= 0.6 is 11.6 Å². The second kappa shape index (κ2) is 5.81. The lowest BCUT2D eigenvalue weighted by Crippen LogP contribution is -2.14. The zero-order valence-corrected chi connectivity index (χ0v) is 12.5. The van der Waals surface area contributed by atoms with Gasteiger partial charge in [0.05, 0.1) is 13.2 Å². The summed E-state index contributed by atoms with van der Waals surface area (Å²) in [7, 11) is 1.49. The number of halogens is 2. The zero-order chi connectivity index (χ0) is 14.9. The quantitative estimate of drug-likeness (QED) is 0.922. The lowest BCUT2D eigenvalue weighted by Gasteiger charge is -2.17. The molecule has 0 bridgehead atoms. The van der Waals surface area contributed by atoms with Crippen LogP contribution in [0.25, 0.3) is 0 Å². The minimum atomic E-state index is -0.604. The normalized spacial score (nSPS) is 12.3. The Morgan fingerprint density at radius 3 is 2.35 bits per heavy atom. The Balaban J connectivity index is 2.46. The largest absolute Gasteiger partial charge is 0.497 e. The van der Waals surface area contributed by atoms with Gasteiger partial charge in [-0.15, -0.1) is 0 Å². The van der Waals surface area contributed by atoms with Crippen molar-refractivity contribution in [2.24, 2.45) is 5.73 Å². The molecule has 0 saturated heterocycles. The molecule has 2 nitrogen and oxygen atoms in total. The number of aryl methyl sites for hydroxylation is 2. The van der Waals surface area contributed by atoms with E-state index < -0.39 is 11.9 Å². The molecule has 0 saturated carbocycles. The second-order valence-electron chi connectivity index (χ2n) is 4.82. The van der Waals surface area contributed by atoms with Gasteiger partial charge in [-0.1, -0.05) is 23.7 Å². The fraction of sp³-hybridized carbons (Fsp3) is 0.250. The van der Waals surface area contributed by atoms with Crippen molar-refractivity contribution in [3.05, 3.63) is 63.4 Å². The molecular formula is C16H17ClFNO. The Labute approximate surface area is 123 Å². The summed E-state index contributed by atoms with van der Waals surface area (Å²) in [6.45, 7) is 3.96. The Morgan fingerprint density at radius 2 is 1.75 bits per heavy atom. The second-order valence-corrected chi connectivity index (χ2v) is 5.23. The number of nitrogens with two attached hydrogens (primary N) is 1. The third kappa shape index (κ3) is 2.79. The highest BCUT2D eigenvalue weighted by Gasteiger charge is 2.17. The van der Waals surface area contributed by atoms with Gasteiger partial charge in [0.15, 0.2) is 0 Å². The van der Waals surface area contributed by atoms with Crippen LogP contribution in [0.1, 0.15) is 28.3 Å². The van der Waals surface area contributed by atoms with Gasteiger partial charge in [-0.25, -0.2) is 4.39 Å². The van der Waals surface area contributed by atoms with E-state index in [0.29, 0.717) is 16.3 Å². The first-order chi connectivity index (χ1) is 9.43. The molecule has 20 heavy (non-hydrogen) atoms. The van der Waals surface area contributed by atoms with E-state index in [2.05, 4.69) is 0 Å². The molecule has 0 amide bonds. The van der Waals surface area contributed by atoms with Crippen LogP contribution in [0.2, 0.25) is 5.02 Å². The van der Waals surface area contributed by atoms with Gasteiger partial charge in [0, 0.05) is 16.7 Å². The summed E-state index contributed by atoms with van der Waals surface area (Å²) in [4.78, 5) is 0. The number of hydrogen-bond donors (Lipinski definition) is 1. The van der Waals surface area contributed by atoms with Crippen LogP contribution in [0.4, 0.5) is 4.39 Å². The van der Waals surface area contributed by atoms with Crippen molar-refractivity contribution in [3.8, 4) is 5.75 Å². The molecule has 2 N–H and O–H groups in total. The molecule has 2 aromatic rings. The zero-order valence-electron chi connectivity index (χ0n) is 11.7. The Bertz CT molecular complexity index is 643. The van der Waals surface area contributed by atoms with Gasteiger partial charge in [-0.2, -0.15) is 0 Å². The predicted octanol–water partition coefficient (Wildman–Crippen LogP) is 4.15. The maximum absolute atomic E-state index is 14.1. The van der Waals surface area contributed by atoms with E-state index in [0.717, 1.165) is 16.7 Å². The highest BCUT2D eigenvalue weighted by molar-refractivity contribution is 6.31. The molecule has 2 rings (SSSR count). The third-order valence-corrected chi connectivity index (χ3v) is 3.82. The van der Waals surface area contributed by atoms with Crippen LogP contribution in [-0.4, -0.2) is 7.11 Å². The molecule has 4 heteroatoms. The monoisotopic (exact) mass is 293 g/mol. The highest BCUT2D eigenvalue weighted by Crippen LogP contribution is 2.31. The van der Waals surface area contributed by atoms with E-state index in [9.17, 15) is 4.39 Å². The molecule has 0 fully saturated rings. The minimum Gasteiger partial charge on any atom is -0.497 e. The minimum absolute atomic E-state index is 0.397. The van der Waals surface area contributed by atoms with Crippen LogP contribution < -0.4 is 10.5 Å². The number of ether oxygens (including phenoxy) is 1. The van der Waals surface area contributed by atoms with Crippen molar-refractivity contribution in [1.29, 1.82) is 0 Å². The van der Waals surface area contributed by atoms with Gasteiger partial charge in [-0.05, 0) is 42.7 Å². The van der Waals surface area contributed by atoms with Crippen LogP contribution in [0.3, 0.4) is 0 Å². The maximum atomic E-state index is 14.1. The molecule has 0 aliphatic carbocycles. The summed E-state index contributed by atoms with van der Waals surface area (Å²) >= 11 is 6.23. The first-order valence-electron chi connectivity index (χ1n) is 6.29. The number of benzene rings is 2. The average molecular weight is 294 g/mol. The molecule has 1 unspecified atom stereocenters. The average Bonchev–Trinajstić information content (AvgIpc) is 2.42. The van der Waals surface area contributed by atoms with Crippen LogP contribution in [0.5, 0.6) is 5.75 Å². The summed E-state index contributed by atoms with van der Waals surface area (Å²) < 4.78 is 19.1. The van der Waals surface area contributed by atoms with Crippen molar-refractivity contribution in [1.82, 2.24) is 0 Å². The SMILES string of the molecule is COc1ccc(C(N)c2cc(C)c(C)cc2Cl)c(F)c1. The predicted molar refractivity (Wildman–Crippen MR) is 79.9 cm³/mol. The number of rotatable bonds is 3. The van der Waals surface area contributed by atoms with Gasteiger partial charge < -0.3 is 10.5 Å². The molecule has 0 aromatic heterocycles. The molecule has 2 aromatic carbocycles. The first-order valence-corrected chi connectivity index (χ1v) is 6.67. The molecule has 1 atom stereocenters. The summed E-state index contributed by atoms with van der Waals surface area (Å²) in [6.07, 6.45) is 0. The molecular weight excluding hydrogens is 277 g/mol. The summed E-state index contributed by atoms with van der Waals surface area (Å²) in [6, 6.07) is 7.80. The molecule has 0 heterocycles. The summed E-state index contributed by atoms with van der Waals surface area (Å²) in [5, 5.41) is 0.552. The topological polar surface area (TPSA) is 35.2 Å². The van der Waals surface area contributed by atoms with E-state index in [1.54, 1.807) is 12.1 Å². The van der Waals surface area contributed by atoms with Gasteiger partial charge in [-0.3, -0.25) is 0 Å². The van der Waals surface area contributed by atoms with Crippen LogP contribution in [-0.2, 0) is 0 Å². The van der Waals surface area contributed by atoms with Gasteiger partial charge in [0.1, 0.15) is 11.6 Å². The van der Waals surface area contributed by atoms with Crippen molar-refractivity contribution in [2.45, 2.75) is 19.9 Å². The Morgan fingerprint density at radius 1 is 1.10 bits per heavy atom. The van der Waals surface area contributed by atoms with E-state index in [-0.39, 0.29) is 0 Å². The number of methoxy groups -OCH3 is 1. The standard InChI is InChI=1S/C16H17ClFNO/c1-9-6-13(14(17)7-10(9)2)16(19)12-5-4-11(20-3)8-15(12)18/h4-8,16H,19H2,1-3H3. The maximum Gasteiger partial charge on any atom is 0.132 e. The van der Waals surface area contributed by atoms with Gasteiger partial charge in [0.25, 0.3) is 0 Å². The van der Waals surface area contributed by atoms with Crippen molar-refractivity contribution in [2.75, 3.05) is 7.11 Å². The molecule has 0 aliphatic rings. The lowest BCUT2D eigenvalue weighted by molar-refractivity contribution is 0.410. The van der Waals surface area contributed by atoms with Crippen LogP contribution in [0.15, 0.2) is 30.3 Å². The summed E-state index contributed by atoms with van der Waals surface area (Å²) in [5.41, 5.74) is 9.45.